The number of ether oxygens (including phenoxy) is 1. The minimum atomic E-state index is -0.627. The summed E-state index contributed by atoms with van der Waals surface area (Å²) < 4.78 is 22.9. The van der Waals surface area contributed by atoms with Crippen LogP contribution in [-0.4, -0.2) is 68.2 Å². The summed E-state index contributed by atoms with van der Waals surface area (Å²) in [6, 6.07) is 5.95. The molecule has 0 atom stereocenters. The lowest BCUT2D eigenvalue weighted by molar-refractivity contribution is -0.139. The summed E-state index contributed by atoms with van der Waals surface area (Å²) in [4.78, 5) is 44.1. The van der Waals surface area contributed by atoms with Crippen LogP contribution in [0, 0.1) is 18.2 Å². The minimum Gasteiger partial charge on any atom is -0.507 e. The molecule has 1 N–H and O–H groups in total. The van der Waals surface area contributed by atoms with Gasteiger partial charge in [0.1, 0.15) is 28.5 Å². The van der Waals surface area contributed by atoms with Crippen molar-refractivity contribution >= 4 is 22.8 Å². The van der Waals surface area contributed by atoms with Crippen LogP contribution in [0.1, 0.15) is 36.6 Å². The average molecular weight is 583 g/mol. The monoisotopic (exact) mass is 582 g/mol. The fourth-order valence-electron chi connectivity index (χ4n) is 6.72. The zero-order valence-electron chi connectivity index (χ0n) is 24.2. The molecule has 1 spiro atoms. The van der Waals surface area contributed by atoms with E-state index in [0.717, 1.165) is 5.56 Å². The van der Waals surface area contributed by atoms with Gasteiger partial charge in [0.2, 0.25) is 5.91 Å². The standard InChI is InChI=1S/C32H31FN6O4/c1-5-22(41)37-13-32(14-37)15-38(16-32)29-24-28-19(10-12-43-28)26(23-20(33)7-6-8-21(23)40)35-30(24)39(31(42)36-29)27-18(4)9-11-34-25(27)17(2)3/h5-9,11,17,40H,1,10,12-16H2,2-4H3. The maximum absolute atomic E-state index is 15.3. The van der Waals surface area contributed by atoms with Crippen LogP contribution < -0.4 is 15.3 Å². The van der Waals surface area contributed by atoms with Gasteiger partial charge in [-0.2, -0.15) is 4.98 Å². The number of carbonyl (C=O) groups is 1. The van der Waals surface area contributed by atoms with Crippen molar-refractivity contribution in [1.82, 2.24) is 24.4 Å². The van der Waals surface area contributed by atoms with Crippen molar-refractivity contribution in [3.8, 4) is 28.4 Å². The van der Waals surface area contributed by atoms with E-state index in [1.165, 1.54) is 28.8 Å². The second-order valence-corrected chi connectivity index (χ2v) is 12.0. The first-order valence-electron chi connectivity index (χ1n) is 14.3. The van der Waals surface area contributed by atoms with Crippen molar-refractivity contribution in [2.24, 2.45) is 5.41 Å². The van der Waals surface area contributed by atoms with E-state index in [0.29, 0.717) is 73.1 Å². The number of benzene rings is 1. The number of pyridine rings is 2. The number of likely N-dealkylation sites (tertiary alicyclic amines) is 1. The highest BCUT2D eigenvalue weighted by molar-refractivity contribution is 5.98. The Hall–Kier alpha value is -4.80. The number of halogens is 1. The van der Waals surface area contributed by atoms with Crippen LogP contribution in [0.3, 0.4) is 0 Å². The summed E-state index contributed by atoms with van der Waals surface area (Å²) in [5, 5.41) is 11.3. The van der Waals surface area contributed by atoms with Crippen LogP contribution in [0.5, 0.6) is 11.5 Å². The number of hydrogen-bond donors (Lipinski definition) is 1. The lowest BCUT2D eigenvalue weighted by Crippen LogP contribution is -2.73. The third-order valence-corrected chi connectivity index (χ3v) is 8.70. The number of nitrogens with zero attached hydrogens (tertiary/aromatic N) is 6. The maximum Gasteiger partial charge on any atom is 0.355 e. The summed E-state index contributed by atoms with van der Waals surface area (Å²) in [5.41, 5.74) is 2.53. The Bertz CT molecular complexity index is 1880. The molecule has 6 heterocycles. The Morgan fingerprint density at radius 1 is 1.19 bits per heavy atom. The maximum atomic E-state index is 15.3. The highest BCUT2D eigenvalue weighted by Crippen LogP contribution is 2.48. The summed E-state index contributed by atoms with van der Waals surface area (Å²) in [5.74, 6) is -0.0759. The molecule has 0 radical (unpaired) electrons. The molecule has 3 aromatic heterocycles. The number of aryl methyl sites for hydroxylation is 1. The first kappa shape index (κ1) is 27.1. The van der Waals surface area contributed by atoms with E-state index in [9.17, 15) is 14.7 Å². The van der Waals surface area contributed by atoms with Crippen LogP contribution in [0.15, 0.2) is 47.9 Å². The van der Waals surface area contributed by atoms with E-state index in [-0.39, 0.29) is 39.9 Å². The Kier molecular flexibility index (Phi) is 6.05. The number of anilines is 1. The first-order valence-corrected chi connectivity index (χ1v) is 14.3. The molecule has 0 unspecified atom stereocenters. The Labute approximate surface area is 247 Å². The molecule has 1 aromatic carbocycles. The van der Waals surface area contributed by atoms with Crippen molar-refractivity contribution in [3.63, 3.8) is 0 Å². The Morgan fingerprint density at radius 2 is 1.95 bits per heavy atom. The number of phenols is 1. The van der Waals surface area contributed by atoms with E-state index in [1.54, 1.807) is 11.1 Å². The molecule has 4 aromatic rings. The molecule has 10 nitrogen and oxygen atoms in total. The van der Waals surface area contributed by atoms with Gasteiger partial charge in [0.05, 0.1) is 29.2 Å². The number of fused-ring (bicyclic) bond motifs is 3. The van der Waals surface area contributed by atoms with Gasteiger partial charge in [-0.25, -0.2) is 18.7 Å². The molecule has 0 saturated carbocycles. The van der Waals surface area contributed by atoms with Crippen LogP contribution in [0.4, 0.5) is 10.2 Å². The first-order chi connectivity index (χ1) is 20.6. The van der Waals surface area contributed by atoms with Crippen molar-refractivity contribution < 1.29 is 19.0 Å². The van der Waals surface area contributed by atoms with Crippen molar-refractivity contribution in [3.05, 3.63) is 76.2 Å². The number of hydrogen-bond acceptors (Lipinski definition) is 8. The SMILES string of the molecule is C=CC(=O)N1CC2(C1)CN(c1nc(=O)n(-c3c(C)ccnc3C(C)C)c3nc(-c4c(O)cccc4F)c4c(c13)OCC4)C2. The third kappa shape index (κ3) is 4.01. The van der Waals surface area contributed by atoms with Crippen molar-refractivity contribution in [2.45, 2.75) is 33.1 Å². The van der Waals surface area contributed by atoms with Gasteiger partial charge in [0.15, 0.2) is 5.65 Å². The quantitative estimate of drug-likeness (QED) is 0.353. The summed E-state index contributed by atoms with van der Waals surface area (Å²) in [6.07, 6.45) is 3.48. The predicted octanol–water partition coefficient (Wildman–Crippen LogP) is 3.89. The number of phenolic OH excluding ortho intramolecular Hbond substituents is 1. The zero-order valence-corrected chi connectivity index (χ0v) is 24.2. The van der Waals surface area contributed by atoms with Crippen LogP contribution >= 0.6 is 0 Å². The van der Waals surface area contributed by atoms with Crippen LogP contribution in [-0.2, 0) is 11.2 Å². The van der Waals surface area contributed by atoms with Crippen LogP contribution in [0.25, 0.3) is 28.0 Å². The lowest BCUT2D eigenvalue weighted by atomic mass is 9.72. The molecule has 2 saturated heterocycles. The van der Waals surface area contributed by atoms with E-state index < -0.39 is 11.5 Å². The smallest absolute Gasteiger partial charge is 0.355 e. The fourth-order valence-corrected chi connectivity index (χ4v) is 6.72. The lowest BCUT2D eigenvalue weighted by Gasteiger charge is -2.60. The van der Waals surface area contributed by atoms with E-state index >= 15 is 4.39 Å². The molecule has 43 heavy (non-hydrogen) atoms. The van der Waals surface area contributed by atoms with Gasteiger partial charge in [0.25, 0.3) is 0 Å². The summed E-state index contributed by atoms with van der Waals surface area (Å²) >= 11 is 0. The Morgan fingerprint density at radius 3 is 2.65 bits per heavy atom. The van der Waals surface area contributed by atoms with Gasteiger partial charge < -0.3 is 19.6 Å². The van der Waals surface area contributed by atoms with Crippen LogP contribution in [0.2, 0.25) is 0 Å². The predicted molar refractivity (Wildman–Crippen MR) is 159 cm³/mol. The highest BCUT2D eigenvalue weighted by Gasteiger charge is 2.53. The fraction of sp³-hybridized carbons (Fsp3) is 0.344. The molecule has 11 heteroatoms. The highest BCUT2D eigenvalue weighted by atomic mass is 19.1. The topological polar surface area (TPSA) is 114 Å². The summed E-state index contributed by atoms with van der Waals surface area (Å²) in [7, 11) is 0. The molecular formula is C32H31FN6O4. The molecule has 7 rings (SSSR count). The second-order valence-electron chi connectivity index (χ2n) is 12.0. The zero-order chi connectivity index (χ0) is 30.2. The minimum absolute atomic E-state index is 0.0210. The van der Waals surface area contributed by atoms with Gasteiger partial charge in [0, 0.05) is 49.8 Å². The van der Waals surface area contributed by atoms with Gasteiger partial charge >= 0.3 is 5.69 Å². The molecule has 3 aliphatic heterocycles. The normalized spacial score (nSPS) is 16.7. The molecule has 3 aliphatic rings. The molecule has 1 amide bonds. The van der Waals surface area contributed by atoms with Gasteiger partial charge in [-0.05, 0) is 42.7 Å². The molecule has 2 fully saturated rings. The molecule has 0 aliphatic carbocycles. The summed E-state index contributed by atoms with van der Waals surface area (Å²) in [6.45, 7) is 12.2. The molecule has 0 bridgehead atoms. The largest absolute Gasteiger partial charge is 0.507 e. The number of aromatic hydroxyl groups is 1. The third-order valence-electron chi connectivity index (χ3n) is 8.70. The molecular weight excluding hydrogens is 551 g/mol. The van der Waals surface area contributed by atoms with Crippen molar-refractivity contribution in [1.29, 1.82) is 0 Å². The number of amides is 1. The number of rotatable bonds is 5. The van der Waals surface area contributed by atoms with Gasteiger partial charge in [-0.1, -0.05) is 26.5 Å². The second kappa shape index (κ2) is 9.62. The van der Waals surface area contributed by atoms with Crippen molar-refractivity contribution in [2.75, 3.05) is 37.7 Å². The van der Waals surface area contributed by atoms with E-state index in [4.69, 9.17) is 9.72 Å². The van der Waals surface area contributed by atoms with Gasteiger partial charge in [-0.3, -0.25) is 9.78 Å². The van der Waals surface area contributed by atoms with E-state index in [2.05, 4.69) is 16.5 Å². The average Bonchev–Trinajstić information content (AvgIpc) is 3.41. The number of aromatic nitrogens is 4. The number of carbonyl (C=O) groups excluding carboxylic acids is 1. The van der Waals surface area contributed by atoms with Gasteiger partial charge in [-0.15, -0.1) is 0 Å². The van der Waals surface area contributed by atoms with E-state index in [1.807, 2.05) is 31.7 Å². The molecule has 220 valence electrons. The Balaban J connectivity index is 1.48.